The SMILES string of the molecule is CC(C)NC(=O)NC(=O)C[NH+]1CCc2sccc2[C@H]1C. The number of hydrogen-bond acceptors (Lipinski definition) is 3. The molecule has 5 nitrogen and oxygen atoms in total. The second-order valence-electron chi connectivity index (χ2n) is 5.53. The fraction of sp³-hybridized carbons (Fsp3) is 0.571. The van der Waals surface area contributed by atoms with E-state index in [0.717, 1.165) is 13.0 Å². The summed E-state index contributed by atoms with van der Waals surface area (Å²) in [6.45, 7) is 7.14. The van der Waals surface area contributed by atoms with Gasteiger partial charge < -0.3 is 10.2 Å². The molecular formula is C14H22N3O2S+. The van der Waals surface area contributed by atoms with E-state index in [4.69, 9.17) is 0 Å². The van der Waals surface area contributed by atoms with Crippen LogP contribution < -0.4 is 15.5 Å². The Morgan fingerprint density at radius 2 is 2.25 bits per heavy atom. The molecule has 0 bridgehead atoms. The van der Waals surface area contributed by atoms with E-state index in [1.54, 1.807) is 11.3 Å². The number of thiophene rings is 1. The van der Waals surface area contributed by atoms with Crippen molar-refractivity contribution in [3.8, 4) is 0 Å². The Morgan fingerprint density at radius 1 is 1.50 bits per heavy atom. The Kier molecular flexibility index (Phi) is 4.77. The number of amides is 3. The first-order chi connectivity index (χ1) is 9.47. The Bertz CT molecular complexity index is 498. The molecule has 1 unspecified atom stereocenters. The van der Waals surface area contributed by atoms with Gasteiger partial charge in [0, 0.05) is 22.9 Å². The number of urea groups is 1. The highest BCUT2D eigenvalue weighted by Gasteiger charge is 2.29. The summed E-state index contributed by atoms with van der Waals surface area (Å²) in [5.41, 5.74) is 1.34. The van der Waals surface area contributed by atoms with Crippen LogP contribution in [0.3, 0.4) is 0 Å². The lowest BCUT2D eigenvalue weighted by atomic mass is 10.0. The molecule has 1 aliphatic rings. The summed E-state index contributed by atoms with van der Waals surface area (Å²) in [6, 6.07) is 2.07. The van der Waals surface area contributed by atoms with E-state index >= 15 is 0 Å². The van der Waals surface area contributed by atoms with Gasteiger partial charge in [-0.3, -0.25) is 10.1 Å². The Balaban J connectivity index is 1.88. The van der Waals surface area contributed by atoms with Crippen molar-refractivity contribution in [3.05, 3.63) is 21.9 Å². The number of carbonyl (C=O) groups excluding carboxylic acids is 2. The van der Waals surface area contributed by atoms with Crippen molar-refractivity contribution < 1.29 is 14.5 Å². The summed E-state index contributed by atoms with van der Waals surface area (Å²) < 4.78 is 0. The first-order valence-electron chi connectivity index (χ1n) is 6.98. The van der Waals surface area contributed by atoms with Crippen LogP contribution in [0.25, 0.3) is 0 Å². The lowest BCUT2D eigenvalue weighted by Gasteiger charge is -2.29. The van der Waals surface area contributed by atoms with Crippen LogP contribution in [-0.4, -0.2) is 31.1 Å². The minimum atomic E-state index is -0.412. The average molecular weight is 296 g/mol. The highest BCUT2D eigenvalue weighted by Crippen LogP contribution is 2.24. The fourth-order valence-electron chi connectivity index (χ4n) is 2.57. The summed E-state index contributed by atoms with van der Waals surface area (Å²) in [5.74, 6) is -0.219. The summed E-state index contributed by atoms with van der Waals surface area (Å²) >= 11 is 1.79. The van der Waals surface area contributed by atoms with Gasteiger partial charge in [-0.15, -0.1) is 11.3 Å². The van der Waals surface area contributed by atoms with E-state index < -0.39 is 6.03 Å². The normalized spacial score (nSPS) is 21.4. The average Bonchev–Trinajstić information content (AvgIpc) is 2.80. The molecule has 6 heteroatoms. The Morgan fingerprint density at radius 3 is 2.95 bits per heavy atom. The van der Waals surface area contributed by atoms with Gasteiger partial charge in [0.1, 0.15) is 6.04 Å². The molecule has 2 rings (SSSR count). The molecule has 20 heavy (non-hydrogen) atoms. The largest absolute Gasteiger partial charge is 0.336 e. The molecule has 1 aromatic heterocycles. The summed E-state index contributed by atoms with van der Waals surface area (Å²) in [4.78, 5) is 26.0. The highest BCUT2D eigenvalue weighted by molar-refractivity contribution is 7.10. The molecule has 0 saturated carbocycles. The van der Waals surface area contributed by atoms with Crippen molar-refractivity contribution in [1.82, 2.24) is 10.6 Å². The number of nitrogens with one attached hydrogen (secondary N) is 3. The topological polar surface area (TPSA) is 62.6 Å². The molecule has 0 radical (unpaired) electrons. The minimum absolute atomic E-state index is 0.0254. The zero-order valence-electron chi connectivity index (χ0n) is 12.2. The molecule has 0 aromatic carbocycles. The zero-order chi connectivity index (χ0) is 14.7. The molecule has 2 heterocycles. The first kappa shape index (κ1) is 15.0. The quantitative estimate of drug-likeness (QED) is 0.760. The van der Waals surface area contributed by atoms with Gasteiger partial charge in [0.15, 0.2) is 6.54 Å². The number of rotatable bonds is 3. The van der Waals surface area contributed by atoms with E-state index in [9.17, 15) is 9.59 Å². The van der Waals surface area contributed by atoms with Crippen LogP contribution in [0, 0.1) is 0 Å². The summed E-state index contributed by atoms with van der Waals surface area (Å²) in [6.07, 6.45) is 1.01. The molecule has 0 fully saturated rings. The van der Waals surface area contributed by atoms with Crippen LogP contribution >= 0.6 is 11.3 Å². The summed E-state index contributed by atoms with van der Waals surface area (Å²) in [7, 11) is 0. The van der Waals surface area contributed by atoms with Crippen LogP contribution in [-0.2, 0) is 11.2 Å². The maximum Gasteiger partial charge on any atom is 0.321 e. The number of hydrogen-bond donors (Lipinski definition) is 3. The maximum absolute atomic E-state index is 11.9. The number of imide groups is 1. The van der Waals surface area contributed by atoms with Crippen molar-refractivity contribution in [2.45, 2.75) is 39.3 Å². The molecule has 0 aliphatic carbocycles. The van der Waals surface area contributed by atoms with Crippen molar-refractivity contribution >= 4 is 23.3 Å². The third kappa shape index (κ3) is 3.58. The number of fused-ring (bicyclic) bond motifs is 1. The van der Waals surface area contributed by atoms with E-state index in [-0.39, 0.29) is 11.9 Å². The molecule has 3 amide bonds. The van der Waals surface area contributed by atoms with Gasteiger partial charge in [-0.05, 0) is 32.2 Å². The molecular weight excluding hydrogens is 274 g/mol. The minimum Gasteiger partial charge on any atom is -0.336 e. The molecule has 1 aliphatic heterocycles. The van der Waals surface area contributed by atoms with Crippen LogP contribution in [0.1, 0.15) is 37.3 Å². The lowest BCUT2D eigenvalue weighted by Crippen LogP contribution is -3.14. The van der Waals surface area contributed by atoms with E-state index in [1.807, 2.05) is 13.8 Å². The lowest BCUT2D eigenvalue weighted by molar-refractivity contribution is -0.924. The zero-order valence-corrected chi connectivity index (χ0v) is 13.0. The fourth-order valence-corrected chi connectivity index (χ4v) is 3.55. The van der Waals surface area contributed by atoms with Gasteiger partial charge in [-0.2, -0.15) is 0 Å². The number of quaternary nitrogens is 1. The van der Waals surface area contributed by atoms with E-state index in [1.165, 1.54) is 15.3 Å². The van der Waals surface area contributed by atoms with Gasteiger partial charge >= 0.3 is 6.03 Å². The second-order valence-corrected chi connectivity index (χ2v) is 6.53. The Labute approximate surface area is 123 Å². The summed E-state index contributed by atoms with van der Waals surface area (Å²) in [5, 5.41) is 7.16. The maximum atomic E-state index is 11.9. The van der Waals surface area contributed by atoms with Crippen LogP contribution in [0.15, 0.2) is 11.4 Å². The van der Waals surface area contributed by atoms with Crippen molar-refractivity contribution in [3.63, 3.8) is 0 Å². The van der Waals surface area contributed by atoms with Gasteiger partial charge in [0.25, 0.3) is 5.91 Å². The van der Waals surface area contributed by atoms with Crippen LogP contribution in [0.4, 0.5) is 4.79 Å². The monoisotopic (exact) mass is 296 g/mol. The smallest absolute Gasteiger partial charge is 0.321 e. The predicted octanol–water partition coefficient (Wildman–Crippen LogP) is 0.484. The second kappa shape index (κ2) is 6.37. The van der Waals surface area contributed by atoms with Gasteiger partial charge in [0.2, 0.25) is 0 Å². The molecule has 1 aromatic rings. The highest BCUT2D eigenvalue weighted by atomic mass is 32.1. The molecule has 3 N–H and O–H groups in total. The van der Waals surface area contributed by atoms with Crippen molar-refractivity contribution in [2.24, 2.45) is 0 Å². The van der Waals surface area contributed by atoms with Gasteiger partial charge in [-0.25, -0.2) is 4.79 Å². The standard InChI is InChI=1S/C14H21N3O2S/c1-9(2)15-14(19)16-13(18)8-17-6-4-12-11(10(17)3)5-7-20-12/h5,7,9-10H,4,6,8H2,1-3H3,(H2,15,16,18,19)/p+1/t10-/m1/s1. The molecule has 2 atom stereocenters. The molecule has 0 saturated heterocycles. The predicted molar refractivity (Wildman–Crippen MR) is 78.9 cm³/mol. The van der Waals surface area contributed by atoms with Crippen molar-refractivity contribution in [2.75, 3.05) is 13.1 Å². The van der Waals surface area contributed by atoms with Crippen LogP contribution in [0.5, 0.6) is 0 Å². The van der Waals surface area contributed by atoms with Gasteiger partial charge in [0.05, 0.1) is 6.54 Å². The molecule has 110 valence electrons. The van der Waals surface area contributed by atoms with E-state index in [0.29, 0.717) is 12.6 Å². The first-order valence-corrected chi connectivity index (χ1v) is 7.86. The van der Waals surface area contributed by atoms with Crippen molar-refractivity contribution in [1.29, 1.82) is 0 Å². The Hall–Kier alpha value is -1.40. The van der Waals surface area contributed by atoms with Gasteiger partial charge in [-0.1, -0.05) is 0 Å². The third-order valence-electron chi connectivity index (χ3n) is 3.59. The number of carbonyl (C=O) groups is 2. The third-order valence-corrected chi connectivity index (χ3v) is 4.59. The molecule has 0 spiro atoms. The van der Waals surface area contributed by atoms with Crippen LogP contribution in [0.2, 0.25) is 0 Å². The van der Waals surface area contributed by atoms with E-state index in [2.05, 4.69) is 29.0 Å².